The standard InChI is InChI=1S/C26H30FN5O.C23H24FN5O/c27-21-12-10-19(11-13-21)18-28-24-22-8-4-5-9-23(22)29-26(30-24)32-16-14-31(15-17-32)25(33)20-6-2-1-3-7-20;24-18-9-5-16(6-10-18)15-25-21-19-3-1-2-4-20(19)26-23(27-21)29-13-11-28(12-14-29)22(30)17-7-8-17/h4-5,8-13,20H,1-3,6-7,14-18H2,(H,28,29,30);1-6,9-10,17H,7-8,11-15H2,(H,25,26,27). The van der Waals surface area contributed by atoms with Crippen LogP contribution in [0.4, 0.5) is 32.3 Å². The number of anilines is 4. The van der Waals surface area contributed by atoms with E-state index in [1.807, 2.05) is 58.3 Å². The summed E-state index contributed by atoms with van der Waals surface area (Å²) < 4.78 is 26.4. The first-order valence-electron chi connectivity index (χ1n) is 22.4. The molecule has 14 heteroatoms. The predicted octanol–water partition coefficient (Wildman–Crippen LogP) is 8.05. The van der Waals surface area contributed by atoms with Gasteiger partial charge in [0, 0.05) is 88.1 Å². The molecule has 0 radical (unpaired) electrons. The maximum Gasteiger partial charge on any atom is 0.228 e. The summed E-state index contributed by atoms with van der Waals surface area (Å²) in [5.74, 6) is 3.50. The zero-order valence-corrected chi connectivity index (χ0v) is 35.6. The number of aromatic nitrogens is 4. The van der Waals surface area contributed by atoms with E-state index in [2.05, 4.69) is 20.4 Å². The molecule has 0 unspecified atom stereocenters. The number of hydrogen-bond donors (Lipinski definition) is 2. The molecule has 2 saturated heterocycles. The van der Waals surface area contributed by atoms with Gasteiger partial charge < -0.3 is 30.2 Å². The molecule has 4 fully saturated rings. The minimum atomic E-state index is -0.243. The molecule has 2 saturated carbocycles. The van der Waals surface area contributed by atoms with Crippen molar-refractivity contribution in [3.05, 3.63) is 120 Å². The molecule has 4 heterocycles. The van der Waals surface area contributed by atoms with Gasteiger partial charge in [0.1, 0.15) is 23.3 Å². The molecular weight excluding hydrogens is 799 g/mol. The Kier molecular flexibility index (Phi) is 12.8. The minimum absolute atomic E-state index is 0.212. The largest absolute Gasteiger partial charge is 0.365 e. The zero-order chi connectivity index (χ0) is 43.1. The Balaban J connectivity index is 0.000000161. The molecule has 2 aromatic heterocycles. The van der Waals surface area contributed by atoms with E-state index in [0.717, 1.165) is 96.4 Å². The van der Waals surface area contributed by atoms with Crippen molar-refractivity contribution in [3.8, 4) is 0 Å². The van der Waals surface area contributed by atoms with Crippen molar-refractivity contribution in [2.24, 2.45) is 11.8 Å². The van der Waals surface area contributed by atoms with E-state index in [1.165, 1.54) is 43.5 Å². The molecule has 2 amide bonds. The highest BCUT2D eigenvalue weighted by Crippen LogP contribution is 2.32. The first-order valence-corrected chi connectivity index (χ1v) is 22.4. The lowest BCUT2D eigenvalue weighted by Gasteiger charge is -2.37. The Labute approximate surface area is 366 Å². The van der Waals surface area contributed by atoms with Gasteiger partial charge in [-0.25, -0.2) is 18.7 Å². The van der Waals surface area contributed by atoms with Crippen LogP contribution in [0.3, 0.4) is 0 Å². The number of piperazine rings is 2. The van der Waals surface area contributed by atoms with Crippen LogP contribution in [-0.2, 0) is 22.7 Å². The van der Waals surface area contributed by atoms with Gasteiger partial charge in [0.15, 0.2) is 0 Å². The molecule has 10 rings (SSSR count). The quantitative estimate of drug-likeness (QED) is 0.140. The fourth-order valence-corrected chi connectivity index (χ4v) is 8.71. The zero-order valence-electron chi connectivity index (χ0n) is 35.6. The van der Waals surface area contributed by atoms with Gasteiger partial charge in [-0.15, -0.1) is 0 Å². The Morgan fingerprint density at radius 2 is 0.889 bits per heavy atom. The average molecular weight is 853 g/mol. The number of benzene rings is 4. The molecule has 6 aromatic rings. The van der Waals surface area contributed by atoms with Crippen molar-refractivity contribution in [3.63, 3.8) is 0 Å². The summed E-state index contributed by atoms with van der Waals surface area (Å²) in [5.41, 5.74) is 3.72. The number of hydrogen-bond acceptors (Lipinski definition) is 10. The lowest BCUT2D eigenvalue weighted by atomic mass is 9.88. The van der Waals surface area contributed by atoms with Gasteiger partial charge in [-0.2, -0.15) is 9.97 Å². The van der Waals surface area contributed by atoms with E-state index >= 15 is 0 Å². The molecule has 4 aromatic carbocycles. The number of carbonyl (C=O) groups is 2. The van der Waals surface area contributed by atoms with Crippen LogP contribution in [-0.4, -0.2) is 93.9 Å². The van der Waals surface area contributed by atoms with Crippen LogP contribution in [0.25, 0.3) is 21.8 Å². The summed E-state index contributed by atoms with van der Waals surface area (Å²) in [6.45, 7) is 6.86. The number of amides is 2. The van der Waals surface area contributed by atoms with Crippen LogP contribution < -0.4 is 20.4 Å². The number of rotatable bonds is 10. The fraction of sp³-hybridized carbons (Fsp3) is 0.388. The normalized spacial score (nSPS) is 17.0. The Morgan fingerprint density at radius 3 is 1.30 bits per heavy atom. The third kappa shape index (κ3) is 10.3. The van der Waals surface area contributed by atoms with Gasteiger partial charge in [0.05, 0.1) is 11.0 Å². The van der Waals surface area contributed by atoms with Crippen molar-refractivity contribution in [2.75, 3.05) is 72.8 Å². The Bertz CT molecular complexity index is 2520. The number of halogens is 2. The second kappa shape index (κ2) is 19.3. The van der Waals surface area contributed by atoms with Crippen LogP contribution in [0.15, 0.2) is 97.1 Å². The molecular formula is C49H54F2N10O2. The molecule has 12 nitrogen and oxygen atoms in total. The Hall–Kier alpha value is -6.44. The molecule has 0 spiro atoms. The average Bonchev–Trinajstić information content (AvgIpc) is 4.20. The smallest absolute Gasteiger partial charge is 0.228 e. The van der Waals surface area contributed by atoms with Gasteiger partial charge >= 0.3 is 0 Å². The molecule has 0 atom stereocenters. The van der Waals surface area contributed by atoms with Crippen LogP contribution in [0, 0.1) is 23.5 Å². The van der Waals surface area contributed by atoms with E-state index in [-0.39, 0.29) is 23.5 Å². The predicted molar refractivity (Wildman–Crippen MR) is 243 cm³/mol. The maximum atomic E-state index is 13.2. The first-order chi connectivity index (χ1) is 30.8. The molecule has 2 aliphatic carbocycles. The summed E-state index contributed by atoms with van der Waals surface area (Å²) >= 11 is 0. The number of nitrogens with zero attached hydrogens (tertiary/aromatic N) is 8. The minimum Gasteiger partial charge on any atom is -0.365 e. The number of nitrogens with one attached hydrogen (secondary N) is 2. The topological polar surface area (TPSA) is 123 Å². The van der Waals surface area contributed by atoms with Gasteiger partial charge in [-0.05, 0) is 85.3 Å². The lowest BCUT2D eigenvalue weighted by Crippen LogP contribution is -2.51. The summed E-state index contributed by atoms with van der Waals surface area (Å²) in [6.07, 6.45) is 7.76. The second-order valence-electron chi connectivity index (χ2n) is 17.0. The lowest BCUT2D eigenvalue weighted by molar-refractivity contribution is -0.137. The highest BCUT2D eigenvalue weighted by molar-refractivity contribution is 5.91. The van der Waals surface area contributed by atoms with E-state index in [1.54, 1.807) is 24.3 Å². The van der Waals surface area contributed by atoms with Gasteiger partial charge in [-0.3, -0.25) is 9.59 Å². The first kappa shape index (κ1) is 41.9. The third-order valence-electron chi connectivity index (χ3n) is 12.6. The van der Waals surface area contributed by atoms with Crippen LogP contribution in [0.1, 0.15) is 56.1 Å². The van der Waals surface area contributed by atoms with Crippen molar-refractivity contribution in [1.29, 1.82) is 0 Å². The molecule has 2 aliphatic heterocycles. The Morgan fingerprint density at radius 1 is 0.492 bits per heavy atom. The third-order valence-corrected chi connectivity index (χ3v) is 12.6. The second-order valence-corrected chi connectivity index (χ2v) is 17.0. The molecule has 2 N–H and O–H groups in total. The van der Waals surface area contributed by atoms with E-state index in [9.17, 15) is 18.4 Å². The summed E-state index contributed by atoms with van der Waals surface area (Å²) in [6, 6.07) is 28.8. The van der Waals surface area contributed by atoms with Crippen LogP contribution in [0.2, 0.25) is 0 Å². The van der Waals surface area contributed by atoms with Crippen molar-refractivity contribution >= 4 is 57.2 Å². The fourth-order valence-electron chi connectivity index (χ4n) is 8.71. The molecule has 326 valence electrons. The summed E-state index contributed by atoms with van der Waals surface area (Å²) in [5, 5.41) is 8.70. The number of para-hydroxylation sites is 2. The highest BCUT2D eigenvalue weighted by atomic mass is 19.1. The van der Waals surface area contributed by atoms with Crippen molar-refractivity contribution in [1.82, 2.24) is 29.7 Å². The molecule has 4 aliphatic rings. The highest BCUT2D eigenvalue weighted by Gasteiger charge is 2.35. The molecule has 0 bridgehead atoms. The van der Waals surface area contributed by atoms with E-state index in [4.69, 9.17) is 19.9 Å². The monoisotopic (exact) mass is 852 g/mol. The van der Waals surface area contributed by atoms with Gasteiger partial charge in [0.25, 0.3) is 0 Å². The van der Waals surface area contributed by atoms with Crippen LogP contribution >= 0.6 is 0 Å². The molecule has 63 heavy (non-hydrogen) atoms. The number of fused-ring (bicyclic) bond motifs is 2. The van der Waals surface area contributed by atoms with Gasteiger partial charge in [-0.1, -0.05) is 67.8 Å². The van der Waals surface area contributed by atoms with Crippen LogP contribution in [0.5, 0.6) is 0 Å². The SMILES string of the molecule is O=C(C1CC1)N1CCN(c2nc(NCc3ccc(F)cc3)c3ccccc3n2)CC1.O=C(C1CCCCC1)N1CCN(c2nc(NCc3ccc(F)cc3)c3ccccc3n2)CC1. The van der Waals surface area contributed by atoms with Crippen molar-refractivity contribution < 1.29 is 18.4 Å². The summed E-state index contributed by atoms with van der Waals surface area (Å²) in [7, 11) is 0. The van der Waals surface area contributed by atoms with Crippen molar-refractivity contribution in [2.45, 2.75) is 58.0 Å². The van der Waals surface area contributed by atoms with E-state index in [0.29, 0.717) is 63.0 Å². The maximum absolute atomic E-state index is 13.2. The van der Waals surface area contributed by atoms with E-state index < -0.39 is 0 Å². The summed E-state index contributed by atoms with van der Waals surface area (Å²) in [4.78, 5) is 52.8. The van der Waals surface area contributed by atoms with Gasteiger partial charge in [0.2, 0.25) is 23.7 Å². The number of carbonyl (C=O) groups excluding carboxylic acids is 2.